The fraction of sp³-hybridized carbons (Fsp3) is 0.526. The summed E-state index contributed by atoms with van der Waals surface area (Å²) in [7, 11) is 0. The van der Waals surface area contributed by atoms with Gasteiger partial charge in [0.1, 0.15) is 12.6 Å². The van der Waals surface area contributed by atoms with Gasteiger partial charge < -0.3 is 14.5 Å². The number of morpholine rings is 1. The standard InChI is InChI=1S/C19H24N4O4.ClH/c24-17(21-8-10-27-11-9-21)14-23-18(25)16-13-20(6-7-22(16)19(23)26)12-15-4-2-1-3-5-15;/h1-5,16H,6-14H2;1H. The maximum absolute atomic E-state index is 12.8. The summed E-state index contributed by atoms with van der Waals surface area (Å²) in [6, 6.07) is 9.24. The third-order valence-electron chi connectivity index (χ3n) is 5.40. The average molecular weight is 409 g/mol. The third-order valence-corrected chi connectivity index (χ3v) is 5.40. The molecule has 0 aromatic heterocycles. The van der Waals surface area contributed by atoms with Crippen LogP contribution in [0.15, 0.2) is 30.3 Å². The summed E-state index contributed by atoms with van der Waals surface area (Å²) in [6.45, 7) is 4.30. The van der Waals surface area contributed by atoms with Crippen molar-refractivity contribution in [2.24, 2.45) is 0 Å². The third kappa shape index (κ3) is 4.14. The van der Waals surface area contributed by atoms with E-state index in [4.69, 9.17) is 4.74 Å². The number of piperazine rings is 1. The van der Waals surface area contributed by atoms with Crippen molar-refractivity contribution in [3.8, 4) is 0 Å². The fourth-order valence-electron chi connectivity index (χ4n) is 3.89. The molecule has 0 saturated carbocycles. The van der Waals surface area contributed by atoms with Crippen molar-refractivity contribution in [1.29, 1.82) is 0 Å². The van der Waals surface area contributed by atoms with Gasteiger partial charge in [-0.2, -0.15) is 0 Å². The molecular weight excluding hydrogens is 384 g/mol. The summed E-state index contributed by atoms with van der Waals surface area (Å²) in [5.41, 5.74) is 1.18. The number of carbonyl (C=O) groups excluding carboxylic acids is 3. The maximum atomic E-state index is 12.8. The lowest BCUT2D eigenvalue weighted by molar-refractivity contribution is -0.140. The number of fused-ring (bicyclic) bond motifs is 1. The Balaban J connectivity index is 0.00000225. The van der Waals surface area contributed by atoms with E-state index in [2.05, 4.69) is 17.0 Å². The summed E-state index contributed by atoms with van der Waals surface area (Å²) in [4.78, 5) is 44.5. The molecule has 152 valence electrons. The van der Waals surface area contributed by atoms with E-state index < -0.39 is 6.04 Å². The molecule has 3 heterocycles. The first-order chi connectivity index (χ1) is 13.1. The highest BCUT2D eigenvalue weighted by Gasteiger charge is 2.48. The highest BCUT2D eigenvalue weighted by Crippen LogP contribution is 2.23. The lowest BCUT2D eigenvalue weighted by atomic mass is 10.1. The van der Waals surface area contributed by atoms with Crippen LogP contribution in [0.4, 0.5) is 4.79 Å². The number of benzene rings is 1. The number of nitrogens with zero attached hydrogens (tertiary/aromatic N) is 4. The number of hydrogen-bond acceptors (Lipinski definition) is 5. The van der Waals surface area contributed by atoms with Crippen LogP contribution >= 0.6 is 12.4 Å². The van der Waals surface area contributed by atoms with Crippen molar-refractivity contribution >= 4 is 30.3 Å². The number of rotatable bonds is 4. The van der Waals surface area contributed by atoms with Crippen LogP contribution in [0.1, 0.15) is 5.56 Å². The molecule has 1 atom stereocenters. The predicted molar refractivity (Wildman–Crippen MR) is 104 cm³/mol. The predicted octanol–water partition coefficient (Wildman–Crippen LogP) is 0.416. The Kier molecular flexibility index (Phi) is 6.53. The van der Waals surface area contributed by atoms with Gasteiger partial charge in [0.2, 0.25) is 5.91 Å². The molecule has 3 saturated heterocycles. The number of carbonyl (C=O) groups is 3. The van der Waals surface area contributed by atoms with Crippen LogP contribution in [0.5, 0.6) is 0 Å². The molecule has 0 bridgehead atoms. The first-order valence-corrected chi connectivity index (χ1v) is 9.37. The Labute approximate surface area is 170 Å². The molecular formula is C19H25ClN4O4. The second kappa shape index (κ2) is 8.89. The topological polar surface area (TPSA) is 73.4 Å². The largest absolute Gasteiger partial charge is 0.378 e. The van der Waals surface area contributed by atoms with Crippen LogP contribution in [0.3, 0.4) is 0 Å². The van der Waals surface area contributed by atoms with Crippen molar-refractivity contribution < 1.29 is 19.1 Å². The Hall–Kier alpha value is -2.16. The van der Waals surface area contributed by atoms with E-state index in [0.29, 0.717) is 39.4 Å². The molecule has 1 aromatic rings. The molecule has 0 aliphatic carbocycles. The summed E-state index contributed by atoms with van der Waals surface area (Å²) in [6.07, 6.45) is 0. The number of ether oxygens (including phenoxy) is 1. The summed E-state index contributed by atoms with van der Waals surface area (Å²) in [5, 5.41) is 0. The Morgan fingerprint density at radius 1 is 1.04 bits per heavy atom. The van der Waals surface area contributed by atoms with Crippen LogP contribution in [0.2, 0.25) is 0 Å². The van der Waals surface area contributed by atoms with E-state index in [1.54, 1.807) is 9.80 Å². The molecule has 9 heteroatoms. The normalized spacial score (nSPS) is 22.9. The van der Waals surface area contributed by atoms with Crippen molar-refractivity contribution in [3.63, 3.8) is 0 Å². The number of imide groups is 1. The van der Waals surface area contributed by atoms with Crippen molar-refractivity contribution in [3.05, 3.63) is 35.9 Å². The molecule has 0 N–H and O–H groups in total. The van der Waals surface area contributed by atoms with Gasteiger partial charge in [0, 0.05) is 39.3 Å². The Morgan fingerprint density at radius 2 is 1.75 bits per heavy atom. The SMILES string of the molecule is Cl.O=C(CN1C(=O)C2CN(Cc3ccccc3)CCN2C1=O)N1CCOCC1. The number of hydrogen-bond donors (Lipinski definition) is 0. The zero-order valence-corrected chi connectivity index (χ0v) is 16.5. The van der Waals surface area contributed by atoms with Gasteiger partial charge in [0.25, 0.3) is 5.91 Å². The second-order valence-electron chi connectivity index (χ2n) is 7.13. The Morgan fingerprint density at radius 3 is 2.46 bits per heavy atom. The summed E-state index contributed by atoms with van der Waals surface area (Å²) < 4.78 is 5.24. The van der Waals surface area contributed by atoms with Crippen LogP contribution in [-0.4, -0.2) is 96.0 Å². The van der Waals surface area contributed by atoms with Gasteiger partial charge in [-0.3, -0.25) is 19.4 Å². The van der Waals surface area contributed by atoms with E-state index in [9.17, 15) is 14.4 Å². The van der Waals surface area contributed by atoms with Gasteiger partial charge in [-0.25, -0.2) is 4.79 Å². The van der Waals surface area contributed by atoms with Crippen molar-refractivity contribution in [1.82, 2.24) is 19.6 Å². The monoisotopic (exact) mass is 408 g/mol. The average Bonchev–Trinajstić information content (AvgIpc) is 2.94. The number of urea groups is 1. The molecule has 4 rings (SSSR count). The van der Waals surface area contributed by atoms with Gasteiger partial charge in [-0.05, 0) is 5.56 Å². The van der Waals surface area contributed by atoms with E-state index in [1.165, 1.54) is 5.56 Å². The minimum atomic E-state index is -0.493. The van der Waals surface area contributed by atoms with Gasteiger partial charge in [0.15, 0.2) is 0 Å². The van der Waals surface area contributed by atoms with Crippen LogP contribution in [0, 0.1) is 0 Å². The van der Waals surface area contributed by atoms with Gasteiger partial charge >= 0.3 is 6.03 Å². The highest BCUT2D eigenvalue weighted by atomic mass is 35.5. The zero-order valence-electron chi connectivity index (χ0n) is 15.7. The highest BCUT2D eigenvalue weighted by molar-refractivity contribution is 6.06. The molecule has 3 aliphatic rings. The molecule has 1 unspecified atom stereocenters. The van der Waals surface area contributed by atoms with Crippen LogP contribution in [0.25, 0.3) is 0 Å². The molecule has 3 fully saturated rings. The zero-order chi connectivity index (χ0) is 18.8. The van der Waals surface area contributed by atoms with E-state index >= 15 is 0 Å². The maximum Gasteiger partial charge on any atom is 0.328 e. The fourth-order valence-corrected chi connectivity index (χ4v) is 3.89. The number of amides is 4. The minimum Gasteiger partial charge on any atom is -0.378 e. The number of halogens is 1. The van der Waals surface area contributed by atoms with E-state index in [-0.39, 0.29) is 36.8 Å². The second-order valence-corrected chi connectivity index (χ2v) is 7.13. The molecule has 8 nitrogen and oxygen atoms in total. The van der Waals surface area contributed by atoms with Gasteiger partial charge in [0.05, 0.1) is 13.2 Å². The molecule has 1 aromatic carbocycles. The first-order valence-electron chi connectivity index (χ1n) is 9.37. The molecule has 28 heavy (non-hydrogen) atoms. The van der Waals surface area contributed by atoms with Crippen LogP contribution < -0.4 is 0 Å². The lowest BCUT2D eigenvalue weighted by Crippen LogP contribution is -2.52. The minimum absolute atomic E-state index is 0. The van der Waals surface area contributed by atoms with E-state index in [1.807, 2.05) is 18.2 Å². The molecule has 4 amide bonds. The molecule has 0 spiro atoms. The quantitative estimate of drug-likeness (QED) is 0.675. The first kappa shape index (κ1) is 20.6. The van der Waals surface area contributed by atoms with E-state index in [0.717, 1.165) is 18.0 Å². The van der Waals surface area contributed by atoms with Crippen molar-refractivity contribution in [2.75, 3.05) is 52.5 Å². The van der Waals surface area contributed by atoms with Gasteiger partial charge in [-0.1, -0.05) is 30.3 Å². The smallest absolute Gasteiger partial charge is 0.328 e. The summed E-state index contributed by atoms with van der Waals surface area (Å²) in [5.74, 6) is -0.458. The molecule has 0 radical (unpaired) electrons. The lowest BCUT2D eigenvalue weighted by Gasteiger charge is -2.35. The van der Waals surface area contributed by atoms with Crippen LogP contribution in [-0.2, 0) is 20.9 Å². The Bertz CT molecular complexity index is 726. The van der Waals surface area contributed by atoms with Gasteiger partial charge in [-0.15, -0.1) is 12.4 Å². The summed E-state index contributed by atoms with van der Waals surface area (Å²) >= 11 is 0. The van der Waals surface area contributed by atoms with Crippen molar-refractivity contribution in [2.45, 2.75) is 12.6 Å². The molecule has 3 aliphatic heterocycles.